The summed E-state index contributed by atoms with van der Waals surface area (Å²) in [4.78, 5) is 22.3. The van der Waals surface area contributed by atoms with Gasteiger partial charge in [0.1, 0.15) is 18.2 Å². The Bertz CT molecular complexity index is 673. The molecule has 22 heavy (non-hydrogen) atoms. The highest BCUT2D eigenvalue weighted by Gasteiger charge is 2.26. The molecule has 0 aliphatic carbocycles. The molecule has 1 aromatic carbocycles. The van der Waals surface area contributed by atoms with E-state index in [0.29, 0.717) is 5.71 Å². The summed E-state index contributed by atoms with van der Waals surface area (Å²) in [6.07, 6.45) is 0.234. The van der Waals surface area contributed by atoms with Gasteiger partial charge < -0.3 is 4.74 Å². The van der Waals surface area contributed by atoms with Gasteiger partial charge in [-0.15, -0.1) is 0 Å². The highest BCUT2D eigenvalue weighted by atomic mass is 35.5. The Labute approximate surface area is 132 Å². The van der Waals surface area contributed by atoms with Gasteiger partial charge in [-0.25, -0.2) is 9.82 Å². The second-order valence-electron chi connectivity index (χ2n) is 5.30. The first-order valence-corrected chi connectivity index (χ1v) is 7.16. The molecule has 0 fully saturated rings. The number of carbonyl (C=O) groups excluding carboxylic acids is 2. The van der Waals surface area contributed by atoms with Crippen LogP contribution in [-0.4, -0.2) is 24.0 Å². The Morgan fingerprint density at radius 2 is 2.27 bits per heavy atom. The lowest BCUT2D eigenvalue weighted by Gasteiger charge is -2.21. The maximum Gasteiger partial charge on any atom is 0.240 e. The molecule has 1 aliphatic rings. The lowest BCUT2D eigenvalue weighted by molar-refractivity contribution is -0.122. The van der Waals surface area contributed by atoms with Crippen LogP contribution in [0.3, 0.4) is 0 Å². The monoisotopic (exact) mass is 326 g/mol. The van der Waals surface area contributed by atoms with Crippen molar-refractivity contribution >= 4 is 29.0 Å². The van der Waals surface area contributed by atoms with Crippen molar-refractivity contribution in [1.82, 2.24) is 5.43 Å². The number of carbonyl (C=O) groups is 2. The molecule has 1 heterocycles. The van der Waals surface area contributed by atoms with E-state index in [0.717, 1.165) is 0 Å². The predicted octanol–water partition coefficient (Wildman–Crippen LogP) is 2.62. The van der Waals surface area contributed by atoms with Gasteiger partial charge in [0.25, 0.3) is 0 Å². The molecule has 1 atom stereocenters. The molecule has 1 aromatic rings. The summed E-state index contributed by atoms with van der Waals surface area (Å²) >= 11 is 6.14. The van der Waals surface area contributed by atoms with Gasteiger partial charge in [-0.1, -0.05) is 18.5 Å². The van der Waals surface area contributed by atoms with Gasteiger partial charge in [-0.2, -0.15) is 5.10 Å². The van der Waals surface area contributed by atoms with Gasteiger partial charge in [0.05, 0.1) is 10.7 Å². The lowest BCUT2D eigenvalue weighted by Crippen LogP contribution is -2.32. The van der Waals surface area contributed by atoms with Crippen LogP contribution < -0.4 is 10.2 Å². The Balaban J connectivity index is 2.43. The summed E-state index contributed by atoms with van der Waals surface area (Å²) in [5.41, 5.74) is 3.21. The van der Waals surface area contributed by atoms with E-state index in [1.807, 2.05) is 0 Å². The average Bonchev–Trinajstić information content (AvgIpc) is 2.43. The predicted molar refractivity (Wildman–Crippen MR) is 80.8 cm³/mol. The molecule has 1 amide bonds. The van der Waals surface area contributed by atoms with Crippen molar-refractivity contribution in [2.24, 2.45) is 11.0 Å². The van der Waals surface area contributed by atoms with Crippen LogP contribution in [0.1, 0.15) is 31.4 Å². The molecular formula is C15H16ClFN2O3. The van der Waals surface area contributed by atoms with Crippen LogP contribution in [0, 0.1) is 18.7 Å². The first kappa shape index (κ1) is 16.4. The summed E-state index contributed by atoms with van der Waals surface area (Å²) < 4.78 is 19.9. The first-order valence-electron chi connectivity index (χ1n) is 6.78. The molecule has 0 saturated carbocycles. The zero-order valence-electron chi connectivity index (χ0n) is 12.5. The number of ether oxygens (including phenoxy) is 1. The number of amides is 1. The summed E-state index contributed by atoms with van der Waals surface area (Å²) in [5.74, 6) is -0.993. The van der Waals surface area contributed by atoms with Crippen molar-refractivity contribution in [2.45, 2.75) is 27.2 Å². The van der Waals surface area contributed by atoms with Gasteiger partial charge in [0.2, 0.25) is 5.91 Å². The van der Waals surface area contributed by atoms with Gasteiger partial charge in [0, 0.05) is 23.5 Å². The van der Waals surface area contributed by atoms with Crippen LogP contribution in [0.15, 0.2) is 11.2 Å². The van der Waals surface area contributed by atoms with E-state index in [1.165, 1.54) is 19.9 Å². The maximum absolute atomic E-state index is 14.6. The highest BCUT2D eigenvalue weighted by molar-refractivity contribution is 6.32. The fourth-order valence-electron chi connectivity index (χ4n) is 2.25. The minimum atomic E-state index is -0.523. The van der Waals surface area contributed by atoms with E-state index >= 15 is 0 Å². The molecule has 0 saturated heterocycles. The van der Waals surface area contributed by atoms with Gasteiger partial charge in [-0.3, -0.25) is 9.59 Å². The van der Waals surface area contributed by atoms with E-state index < -0.39 is 5.82 Å². The molecule has 1 unspecified atom stereocenters. The zero-order chi connectivity index (χ0) is 16.4. The fourth-order valence-corrected chi connectivity index (χ4v) is 2.56. The van der Waals surface area contributed by atoms with E-state index in [4.69, 9.17) is 16.3 Å². The lowest BCUT2D eigenvalue weighted by atomic mass is 9.92. The van der Waals surface area contributed by atoms with Crippen LogP contribution >= 0.6 is 11.6 Å². The highest BCUT2D eigenvalue weighted by Crippen LogP contribution is 2.34. The zero-order valence-corrected chi connectivity index (χ0v) is 13.3. The summed E-state index contributed by atoms with van der Waals surface area (Å²) in [6.45, 7) is 4.51. The summed E-state index contributed by atoms with van der Waals surface area (Å²) in [7, 11) is 0. The molecule has 7 heteroatoms. The number of hydrazone groups is 1. The number of ketones is 1. The van der Waals surface area contributed by atoms with E-state index in [1.54, 1.807) is 6.92 Å². The number of nitrogens with one attached hydrogen (secondary N) is 1. The molecule has 118 valence electrons. The van der Waals surface area contributed by atoms with Crippen molar-refractivity contribution in [3.8, 4) is 5.75 Å². The van der Waals surface area contributed by atoms with Gasteiger partial charge >= 0.3 is 0 Å². The second-order valence-corrected chi connectivity index (χ2v) is 5.71. The third-order valence-electron chi connectivity index (χ3n) is 3.35. The van der Waals surface area contributed by atoms with Crippen LogP contribution in [0.25, 0.3) is 0 Å². The minimum Gasteiger partial charge on any atom is -0.484 e. The molecule has 0 aromatic heterocycles. The van der Waals surface area contributed by atoms with Crippen LogP contribution in [-0.2, 0) is 9.59 Å². The van der Waals surface area contributed by atoms with Crippen molar-refractivity contribution in [1.29, 1.82) is 0 Å². The van der Waals surface area contributed by atoms with Crippen molar-refractivity contribution in [3.05, 3.63) is 28.0 Å². The number of halogens is 2. The van der Waals surface area contributed by atoms with Crippen molar-refractivity contribution in [3.63, 3.8) is 0 Å². The minimum absolute atomic E-state index is 0.145. The Hall–Kier alpha value is -1.95. The summed E-state index contributed by atoms with van der Waals surface area (Å²) in [5, 5.41) is 4.13. The molecule has 0 radical (unpaired) electrons. The van der Waals surface area contributed by atoms with Gasteiger partial charge in [0.15, 0.2) is 5.78 Å². The largest absolute Gasteiger partial charge is 0.484 e. The second kappa shape index (κ2) is 6.44. The number of Topliss-reactive ketones (excluding diaryl/α,β-unsaturated/α-hetero) is 1. The Kier molecular flexibility index (Phi) is 4.81. The number of benzene rings is 1. The smallest absolute Gasteiger partial charge is 0.240 e. The third-order valence-corrected chi connectivity index (χ3v) is 3.63. The van der Waals surface area contributed by atoms with Crippen molar-refractivity contribution < 1.29 is 18.7 Å². The average molecular weight is 327 g/mol. The third kappa shape index (κ3) is 3.27. The van der Waals surface area contributed by atoms with Crippen LogP contribution in [0.5, 0.6) is 5.75 Å². The van der Waals surface area contributed by atoms with E-state index in [2.05, 4.69) is 10.5 Å². The molecule has 5 nitrogen and oxygen atoms in total. The molecule has 0 spiro atoms. The van der Waals surface area contributed by atoms with Crippen LogP contribution in [0.2, 0.25) is 5.02 Å². The van der Waals surface area contributed by atoms with E-state index in [-0.39, 0.29) is 52.5 Å². The molecule has 0 bridgehead atoms. The number of hydrogen-bond donors (Lipinski definition) is 1. The normalized spacial score (nSPS) is 17.8. The Morgan fingerprint density at radius 1 is 1.59 bits per heavy atom. The quantitative estimate of drug-likeness (QED) is 0.924. The maximum atomic E-state index is 14.6. The van der Waals surface area contributed by atoms with E-state index in [9.17, 15) is 14.0 Å². The number of nitrogens with zero attached hydrogens (tertiary/aromatic N) is 1. The van der Waals surface area contributed by atoms with Gasteiger partial charge in [-0.05, 0) is 19.9 Å². The van der Waals surface area contributed by atoms with Crippen molar-refractivity contribution in [2.75, 3.05) is 6.61 Å². The first-order chi connectivity index (χ1) is 10.3. The van der Waals surface area contributed by atoms with Crippen LogP contribution in [0.4, 0.5) is 4.39 Å². The number of rotatable bonds is 4. The Morgan fingerprint density at radius 3 is 2.86 bits per heavy atom. The standard InChI is InChI=1S/C15H16ClFN2O3/c1-7-4-12(21)18-19-14(7)10-5-11(16)15(9(3)13(10)17)22-6-8(2)20/h5,7H,4,6H2,1-3H3,(H,18,21). The molecule has 2 rings (SSSR count). The topological polar surface area (TPSA) is 67.8 Å². The molecular weight excluding hydrogens is 311 g/mol. The SMILES string of the molecule is CC(=O)COc1c(Cl)cc(C2=NNC(=O)CC2C)c(F)c1C. The number of hydrogen-bond acceptors (Lipinski definition) is 4. The summed E-state index contributed by atoms with van der Waals surface area (Å²) in [6, 6.07) is 1.41. The molecule has 1 N–H and O–H groups in total. The molecule has 1 aliphatic heterocycles. The fraction of sp³-hybridized carbons (Fsp3) is 0.400.